The van der Waals surface area contributed by atoms with Crippen LogP contribution in [-0.4, -0.2) is 50.0 Å². The molecule has 1 aliphatic rings. The molecule has 9 nitrogen and oxygen atoms in total. The van der Waals surface area contributed by atoms with Gasteiger partial charge in [0.05, 0.1) is 18.2 Å². The number of aromatic nitrogens is 2. The van der Waals surface area contributed by atoms with Crippen LogP contribution in [0.4, 0.5) is 0 Å². The fourth-order valence-corrected chi connectivity index (χ4v) is 3.58. The number of fused-ring (bicyclic) bond motifs is 2. The first-order chi connectivity index (χ1) is 14.7. The number of benzene rings is 2. The molecule has 31 heavy (non-hydrogen) atoms. The largest absolute Gasteiger partial charge is 0.481 e. The van der Waals surface area contributed by atoms with E-state index in [0.29, 0.717) is 18.8 Å². The third-order valence-electron chi connectivity index (χ3n) is 5.12. The molecule has 0 saturated heterocycles. The molecule has 0 bridgehead atoms. The number of imidazole rings is 1. The van der Waals surface area contributed by atoms with E-state index in [1.807, 2.05) is 48.9 Å². The number of carboxylic acid groups (broad SMARTS) is 2. The van der Waals surface area contributed by atoms with Gasteiger partial charge in [-0.2, -0.15) is 0 Å². The molecular weight excluding hydrogens is 404 g/mol. The molecule has 4 rings (SSSR count). The van der Waals surface area contributed by atoms with E-state index in [0.717, 1.165) is 33.5 Å². The molecule has 164 valence electrons. The molecule has 1 heterocycles. The summed E-state index contributed by atoms with van der Waals surface area (Å²) >= 11 is 0. The summed E-state index contributed by atoms with van der Waals surface area (Å²) in [5.41, 5.74) is 5.03. The summed E-state index contributed by atoms with van der Waals surface area (Å²) in [5, 5.41) is 25.3. The van der Waals surface area contributed by atoms with Gasteiger partial charge in [0, 0.05) is 20.6 Å². The number of aryl methyl sites for hydroxylation is 2. The smallest absolute Gasteiger partial charge is 0.414 e. The zero-order valence-corrected chi connectivity index (χ0v) is 17.4. The van der Waals surface area contributed by atoms with Crippen LogP contribution in [0.3, 0.4) is 0 Å². The van der Waals surface area contributed by atoms with Crippen molar-refractivity contribution in [1.29, 1.82) is 0 Å². The van der Waals surface area contributed by atoms with E-state index in [1.54, 1.807) is 7.11 Å². The van der Waals surface area contributed by atoms with Gasteiger partial charge < -0.3 is 29.4 Å². The molecule has 3 aromatic rings. The molecule has 1 aliphatic carbocycles. The van der Waals surface area contributed by atoms with Gasteiger partial charge in [0.1, 0.15) is 17.1 Å². The van der Waals surface area contributed by atoms with Crippen molar-refractivity contribution in [3.63, 3.8) is 0 Å². The summed E-state index contributed by atoms with van der Waals surface area (Å²) < 4.78 is 13.6. The lowest BCUT2D eigenvalue weighted by Gasteiger charge is -2.19. The second-order valence-corrected chi connectivity index (χ2v) is 7.23. The highest BCUT2D eigenvalue weighted by Gasteiger charge is 2.33. The van der Waals surface area contributed by atoms with E-state index in [2.05, 4.69) is 11.1 Å². The van der Waals surface area contributed by atoms with Crippen molar-refractivity contribution in [2.45, 2.75) is 32.2 Å². The first-order valence-electron chi connectivity index (χ1n) is 9.56. The number of nitrogens with zero attached hydrogens (tertiary/aromatic N) is 2. The van der Waals surface area contributed by atoms with Gasteiger partial charge in [-0.25, -0.2) is 14.6 Å². The molecule has 9 heteroatoms. The molecule has 2 atom stereocenters. The number of aliphatic carboxylic acids is 2. The SMILES string of the molecule is COCc1cc(OC2c3ccccc3CC2O)c2nc(C)n(C)c2c1.O=C(O)C(=O)O. The zero-order valence-electron chi connectivity index (χ0n) is 17.4. The van der Waals surface area contributed by atoms with Crippen molar-refractivity contribution >= 4 is 23.0 Å². The fraction of sp³-hybridized carbons (Fsp3) is 0.318. The monoisotopic (exact) mass is 428 g/mol. The lowest BCUT2D eigenvalue weighted by molar-refractivity contribution is -0.159. The second-order valence-electron chi connectivity index (χ2n) is 7.23. The number of methoxy groups -OCH3 is 1. The number of carbonyl (C=O) groups is 2. The van der Waals surface area contributed by atoms with Crippen LogP contribution in [0.1, 0.15) is 28.6 Å². The van der Waals surface area contributed by atoms with Gasteiger partial charge in [0.2, 0.25) is 0 Å². The van der Waals surface area contributed by atoms with Gasteiger partial charge in [0.25, 0.3) is 0 Å². The summed E-state index contributed by atoms with van der Waals surface area (Å²) in [6.07, 6.45) is -0.314. The quantitative estimate of drug-likeness (QED) is 0.539. The third kappa shape index (κ3) is 4.68. The Morgan fingerprint density at radius 2 is 1.87 bits per heavy atom. The lowest BCUT2D eigenvalue weighted by Crippen LogP contribution is -2.19. The number of hydrogen-bond donors (Lipinski definition) is 3. The molecule has 0 fully saturated rings. The topological polar surface area (TPSA) is 131 Å². The molecule has 0 spiro atoms. The standard InChI is InChI=1S/C20H22N2O3.C2H2O4/c1-12-21-19-16(22(12)2)8-13(11-24-3)9-18(19)25-20-15-7-5-4-6-14(15)10-17(20)23;3-1(4)2(5)6/h4-9,17,20,23H,10-11H2,1-3H3;(H,3,4)(H,5,6). The first-order valence-corrected chi connectivity index (χ1v) is 9.56. The minimum atomic E-state index is -1.82. The van der Waals surface area contributed by atoms with Crippen molar-refractivity contribution in [2.75, 3.05) is 7.11 Å². The molecule has 1 aromatic heterocycles. The zero-order chi connectivity index (χ0) is 22.7. The number of aliphatic hydroxyl groups excluding tert-OH is 1. The Hall–Kier alpha value is -3.43. The maximum Gasteiger partial charge on any atom is 0.414 e. The fourth-order valence-electron chi connectivity index (χ4n) is 3.58. The van der Waals surface area contributed by atoms with Crippen molar-refractivity contribution in [3.05, 3.63) is 58.9 Å². The number of carboxylic acids is 2. The summed E-state index contributed by atoms with van der Waals surface area (Å²) in [5.74, 6) is -2.04. The Morgan fingerprint density at radius 3 is 2.52 bits per heavy atom. The van der Waals surface area contributed by atoms with Crippen LogP contribution in [0.25, 0.3) is 11.0 Å². The van der Waals surface area contributed by atoms with Crippen LogP contribution in [0.15, 0.2) is 36.4 Å². The maximum atomic E-state index is 10.5. The Kier molecular flexibility index (Phi) is 6.57. The van der Waals surface area contributed by atoms with Crippen LogP contribution < -0.4 is 4.74 Å². The van der Waals surface area contributed by atoms with E-state index in [9.17, 15) is 5.11 Å². The Morgan fingerprint density at radius 1 is 1.19 bits per heavy atom. The third-order valence-corrected chi connectivity index (χ3v) is 5.12. The van der Waals surface area contributed by atoms with Crippen LogP contribution in [-0.2, 0) is 34.4 Å². The maximum absolute atomic E-state index is 10.5. The van der Waals surface area contributed by atoms with Crippen molar-refractivity contribution in [3.8, 4) is 5.75 Å². The Labute approximate surface area is 178 Å². The van der Waals surface area contributed by atoms with E-state index in [-0.39, 0.29) is 6.10 Å². The first kappa shape index (κ1) is 22.3. The van der Waals surface area contributed by atoms with E-state index < -0.39 is 18.0 Å². The number of hydrogen-bond acceptors (Lipinski definition) is 6. The van der Waals surface area contributed by atoms with Crippen molar-refractivity contribution in [1.82, 2.24) is 9.55 Å². The lowest BCUT2D eigenvalue weighted by atomic mass is 10.1. The van der Waals surface area contributed by atoms with Crippen molar-refractivity contribution in [2.24, 2.45) is 7.05 Å². The van der Waals surface area contributed by atoms with Gasteiger partial charge in [-0.15, -0.1) is 0 Å². The van der Waals surface area contributed by atoms with Crippen molar-refractivity contribution < 1.29 is 34.4 Å². The molecule has 2 unspecified atom stereocenters. The van der Waals surface area contributed by atoms with E-state index in [1.165, 1.54) is 0 Å². The van der Waals surface area contributed by atoms with Crippen LogP contribution in [0.2, 0.25) is 0 Å². The molecule has 2 aromatic carbocycles. The molecule has 3 N–H and O–H groups in total. The van der Waals surface area contributed by atoms with Crippen LogP contribution in [0.5, 0.6) is 5.75 Å². The van der Waals surface area contributed by atoms with Gasteiger partial charge in [-0.3, -0.25) is 0 Å². The average Bonchev–Trinajstić information content (AvgIpc) is 3.19. The number of rotatable bonds is 4. The highest BCUT2D eigenvalue weighted by atomic mass is 16.5. The molecule has 0 amide bonds. The van der Waals surface area contributed by atoms with E-state index >= 15 is 0 Å². The summed E-state index contributed by atoms with van der Waals surface area (Å²) in [7, 11) is 3.67. The summed E-state index contributed by atoms with van der Waals surface area (Å²) in [4.78, 5) is 22.9. The van der Waals surface area contributed by atoms with Gasteiger partial charge in [-0.05, 0) is 35.7 Å². The van der Waals surface area contributed by atoms with Crippen LogP contribution >= 0.6 is 0 Å². The Bertz CT molecular complexity index is 1110. The van der Waals surface area contributed by atoms with Crippen LogP contribution in [0, 0.1) is 6.92 Å². The molecule has 0 aliphatic heterocycles. The second kappa shape index (κ2) is 9.15. The minimum absolute atomic E-state index is 0.375. The summed E-state index contributed by atoms with van der Waals surface area (Å²) in [6, 6.07) is 12.1. The minimum Gasteiger partial charge on any atom is -0.481 e. The highest BCUT2D eigenvalue weighted by molar-refractivity contribution is 6.27. The molecule has 0 radical (unpaired) electrons. The predicted molar refractivity (Wildman–Crippen MR) is 111 cm³/mol. The highest BCUT2D eigenvalue weighted by Crippen LogP contribution is 2.38. The predicted octanol–water partition coefficient (Wildman–Crippen LogP) is 2.22. The number of aliphatic hydroxyl groups is 1. The van der Waals surface area contributed by atoms with Gasteiger partial charge in [0.15, 0.2) is 6.10 Å². The normalized spacial score (nSPS) is 17.0. The molecule has 0 saturated carbocycles. The van der Waals surface area contributed by atoms with E-state index in [4.69, 9.17) is 29.3 Å². The molecular formula is C22H24N2O7. The average molecular weight is 428 g/mol. The number of ether oxygens (including phenoxy) is 2. The van der Waals surface area contributed by atoms with Gasteiger partial charge >= 0.3 is 11.9 Å². The van der Waals surface area contributed by atoms with Gasteiger partial charge in [-0.1, -0.05) is 24.3 Å². The Balaban J connectivity index is 0.000000401. The summed E-state index contributed by atoms with van der Waals surface area (Å²) in [6.45, 7) is 2.47.